The van der Waals surface area contributed by atoms with Crippen molar-refractivity contribution in [2.45, 2.75) is 22.4 Å². The number of aromatic nitrogens is 1. The number of rotatable bonds is 3. The number of hydrogen-bond donors (Lipinski definition) is 1. The van der Waals surface area contributed by atoms with Gasteiger partial charge in [0.25, 0.3) is 6.04 Å². The summed E-state index contributed by atoms with van der Waals surface area (Å²) in [6.45, 7) is 0. The molecule has 0 saturated heterocycles. The molecular weight excluding hydrogens is 352 g/mol. The van der Waals surface area contributed by atoms with Gasteiger partial charge in [-0.2, -0.15) is 0 Å². The van der Waals surface area contributed by atoms with Gasteiger partial charge in [0.05, 0.1) is 12.6 Å². The fraction of sp³-hybridized carbons (Fsp3) is 0.211. The van der Waals surface area contributed by atoms with Crippen molar-refractivity contribution in [1.29, 1.82) is 0 Å². The molecule has 6 nitrogen and oxygen atoms in total. The van der Waals surface area contributed by atoms with Crippen LogP contribution in [0.1, 0.15) is 22.5 Å². The summed E-state index contributed by atoms with van der Waals surface area (Å²) in [5, 5.41) is 23.5. The van der Waals surface area contributed by atoms with Gasteiger partial charge in [-0.3, -0.25) is 10.1 Å². The van der Waals surface area contributed by atoms with Gasteiger partial charge in [-0.1, -0.05) is 42.1 Å². The molecule has 0 saturated carbocycles. The highest BCUT2D eigenvalue weighted by molar-refractivity contribution is 7.99. The predicted molar refractivity (Wildman–Crippen MR) is 99.1 cm³/mol. The molecule has 26 heavy (non-hydrogen) atoms. The van der Waals surface area contributed by atoms with Crippen molar-refractivity contribution >= 4 is 22.7 Å². The van der Waals surface area contributed by atoms with Crippen LogP contribution in [-0.4, -0.2) is 28.2 Å². The zero-order chi connectivity index (χ0) is 18.3. The van der Waals surface area contributed by atoms with E-state index in [2.05, 4.69) is 4.98 Å². The molecular formula is C19H16N2O4S. The van der Waals surface area contributed by atoms with E-state index in [1.165, 1.54) is 11.8 Å². The second kappa shape index (κ2) is 6.59. The van der Waals surface area contributed by atoms with Gasteiger partial charge in [-0.25, -0.2) is 4.98 Å². The quantitative estimate of drug-likeness (QED) is 0.559. The first-order chi connectivity index (χ1) is 12.6. The largest absolute Gasteiger partial charge is 0.497 e. The van der Waals surface area contributed by atoms with Gasteiger partial charge >= 0.3 is 0 Å². The van der Waals surface area contributed by atoms with Crippen LogP contribution in [0.5, 0.6) is 5.75 Å². The van der Waals surface area contributed by atoms with E-state index in [9.17, 15) is 15.2 Å². The number of ether oxygens (including phenoxy) is 1. The topological polar surface area (TPSA) is 85.5 Å². The zero-order valence-corrected chi connectivity index (χ0v) is 14.7. The van der Waals surface area contributed by atoms with E-state index in [1.54, 1.807) is 37.4 Å². The summed E-state index contributed by atoms with van der Waals surface area (Å²) in [5.41, 5.74) is 2.08. The molecule has 2 aromatic carbocycles. The summed E-state index contributed by atoms with van der Waals surface area (Å²) < 4.78 is 5.15. The fourth-order valence-electron chi connectivity index (χ4n) is 3.25. The Balaban J connectivity index is 1.82. The summed E-state index contributed by atoms with van der Waals surface area (Å²) in [6, 6.07) is 15.3. The molecule has 132 valence electrons. The average molecular weight is 368 g/mol. The Labute approximate surface area is 154 Å². The highest BCUT2D eigenvalue weighted by atomic mass is 32.2. The van der Waals surface area contributed by atoms with E-state index in [0.29, 0.717) is 16.3 Å². The molecule has 0 amide bonds. The molecule has 2 heterocycles. The molecule has 0 spiro atoms. The first-order valence-electron chi connectivity index (χ1n) is 8.10. The third kappa shape index (κ3) is 2.79. The van der Waals surface area contributed by atoms with Gasteiger partial charge in [0.2, 0.25) is 0 Å². The third-order valence-electron chi connectivity index (χ3n) is 4.60. The van der Waals surface area contributed by atoms with Gasteiger partial charge < -0.3 is 9.84 Å². The highest BCUT2D eigenvalue weighted by Gasteiger charge is 2.46. The lowest BCUT2D eigenvalue weighted by molar-refractivity contribution is -0.536. The van der Waals surface area contributed by atoms with E-state index in [1.807, 2.05) is 24.3 Å². The second-order valence-electron chi connectivity index (χ2n) is 6.11. The standard InChI is InChI=1S/C19H16N2O4S/c1-25-13-8-6-11(7-9-13)18-16(21(23)24)17(22)14-10-12-4-2-3-5-15(12)20-19(14)26-18/h2-10,16-18,22H,1H3/t16-,17-,18+/m0/s1. The Hall–Kier alpha value is -2.64. The maximum atomic E-state index is 11.7. The first kappa shape index (κ1) is 16.8. The number of thioether (sulfide) groups is 1. The van der Waals surface area contributed by atoms with Crippen LogP contribution < -0.4 is 4.74 Å². The van der Waals surface area contributed by atoms with Gasteiger partial charge in [0.15, 0.2) is 6.10 Å². The number of pyridine rings is 1. The molecule has 7 heteroatoms. The monoisotopic (exact) mass is 368 g/mol. The van der Waals surface area contributed by atoms with E-state index in [0.717, 1.165) is 16.5 Å². The smallest absolute Gasteiger partial charge is 0.258 e. The van der Waals surface area contributed by atoms with Crippen LogP contribution in [0.3, 0.4) is 0 Å². The number of para-hydroxylation sites is 1. The number of nitrogens with zero attached hydrogens (tertiary/aromatic N) is 2. The average Bonchev–Trinajstić information content (AvgIpc) is 2.66. The SMILES string of the molecule is COc1ccc([C@H]2Sc3nc4ccccc4cc3[C@H](O)[C@@H]2[N+](=O)[O-])cc1. The van der Waals surface area contributed by atoms with E-state index < -0.39 is 22.3 Å². The van der Waals surface area contributed by atoms with Crippen LogP contribution in [0.4, 0.5) is 0 Å². The summed E-state index contributed by atoms with van der Waals surface area (Å²) >= 11 is 1.32. The van der Waals surface area contributed by atoms with Crippen molar-refractivity contribution < 1.29 is 14.8 Å². The van der Waals surface area contributed by atoms with E-state index in [-0.39, 0.29) is 0 Å². The summed E-state index contributed by atoms with van der Waals surface area (Å²) in [6.07, 6.45) is -1.22. The lowest BCUT2D eigenvalue weighted by atomic mass is 9.95. The third-order valence-corrected chi connectivity index (χ3v) is 5.95. The van der Waals surface area contributed by atoms with Crippen molar-refractivity contribution in [3.8, 4) is 5.75 Å². The Morgan fingerprint density at radius 3 is 2.62 bits per heavy atom. The van der Waals surface area contributed by atoms with Crippen LogP contribution in [0.2, 0.25) is 0 Å². The van der Waals surface area contributed by atoms with Gasteiger partial charge in [-0.15, -0.1) is 0 Å². The molecule has 4 rings (SSSR count). The molecule has 1 aliphatic heterocycles. The summed E-state index contributed by atoms with van der Waals surface area (Å²) in [5.74, 6) is 0.678. The molecule has 0 unspecified atom stereocenters. The van der Waals surface area contributed by atoms with E-state index >= 15 is 0 Å². The van der Waals surface area contributed by atoms with Crippen LogP contribution in [-0.2, 0) is 0 Å². The van der Waals surface area contributed by atoms with Gasteiger partial charge in [0.1, 0.15) is 16.0 Å². The normalized spacial score (nSPS) is 22.0. The molecule has 1 N–H and O–H groups in total. The molecule has 0 fully saturated rings. The molecule has 3 aromatic rings. The molecule has 1 aliphatic rings. The van der Waals surface area contributed by atoms with Crippen LogP contribution >= 0.6 is 11.8 Å². The maximum absolute atomic E-state index is 11.7. The van der Waals surface area contributed by atoms with E-state index in [4.69, 9.17) is 4.74 Å². The number of aliphatic hydroxyl groups excluding tert-OH is 1. The number of aliphatic hydroxyl groups is 1. The fourth-order valence-corrected chi connectivity index (χ4v) is 4.63. The Morgan fingerprint density at radius 1 is 1.19 bits per heavy atom. The predicted octanol–water partition coefficient (Wildman–Crippen LogP) is 3.77. The minimum Gasteiger partial charge on any atom is -0.497 e. The van der Waals surface area contributed by atoms with Gasteiger partial charge in [0, 0.05) is 15.9 Å². The van der Waals surface area contributed by atoms with Crippen molar-refractivity contribution in [2.75, 3.05) is 7.11 Å². The molecule has 1 aromatic heterocycles. The summed E-state index contributed by atoms with van der Waals surface area (Å²) in [4.78, 5) is 16.0. The molecule has 0 radical (unpaired) electrons. The lowest BCUT2D eigenvalue weighted by Gasteiger charge is -2.30. The minimum absolute atomic E-state index is 0.398. The second-order valence-corrected chi connectivity index (χ2v) is 7.24. The zero-order valence-electron chi connectivity index (χ0n) is 13.9. The maximum Gasteiger partial charge on any atom is 0.258 e. The molecule has 3 atom stereocenters. The Kier molecular flexibility index (Phi) is 4.26. The number of nitro groups is 1. The number of hydrogen-bond acceptors (Lipinski definition) is 6. The number of methoxy groups -OCH3 is 1. The van der Waals surface area contributed by atoms with Crippen LogP contribution in [0, 0.1) is 10.1 Å². The highest BCUT2D eigenvalue weighted by Crippen LogP contribution is 2.49. The van der Waals surface area contributed by atoms with Crippen molar-refractivity contribution in [3.05, 3.63) is 75.8 Å². The first-order valence-corrected chi connectivity index (χ1v) is 8.98. The van der Waals surface area contributed by atoms with Crippen molar-refractivity contribution in [2.24, 2.45) is 0 Å². The van der Waals surface area contributed by atoms with Gasteiger partial charge in [-0.05, 0) is 29.8 Å². The minimum atomic E-state index is -1.22. The molecule has 0 aliphatic carbocycles. The van der Waals surface area contributed by atoms with Crippen molar-refractivity contribution in [3.63, 3.8) is 0 Å². The number of fused-ring (bicyclic) bond motifs is 2. The lowest BCUT2D eigenvalue weighted by Crippen LogP contribution is -2.35. The number of benzene rings is 2. The summed E-state index contributed by atoms with van der Waals surface area (Å²) in [7, 11) is 1.57. The van der Waals surface area contributed by atoms with Crippen molar-refractivity contribution in [1.82, 2.24) is 4.98 Å². The molecule has 0 bridgehead atoms. The van der Waals surface area contributed by atoms with Crippen LogP contribution in [0.25, 0.3) is 10.9 Å². The Morgan fingerprint density at radius 2 is 1.92 bits per heavy atom. The Bertz CT molecular complexity index is 977. The van der Waals surface area contributed by atoms with Crippen LogP contribution in [0.15, 0.2) is 59.6 Å².